The molecule has 4 amide bonds. The molecule has 5 unspecified atom stereocenters. The maximum absolute atomic E-state index is 14.3. The number of fused-ring (bicyclic) bond motifs is 1. The number of alkyl carbamates (subject to hydrolysis) is 2. The number of H-pyrrole nitrogens is 2. The van der Waals surface area contributed by atoms with Crippen molar-refractivity contribution < 1.29 is 46.2 Å². The minimum atomic E-state index is -2.78. The van der Waals surface area contributed by atoms with Gasteiger partial charge in [-0.25, -0.2) is 37.1 Å². The molecule has 0 bridgehead atoms. The minimum absolute atomic E-state index is 0.113. The van der Waals surface area contributed by atoms with Crippen LogP contribution in [0.25, 0.3) is 44.4 Å². The number of nitrogens with zero attached hydrogens (tertiary/aromatic N) is 4. The number of halogens is 4. The summed E-state index contributed by atoms with van der Waals surface area (Å²) < 4.78 is 66.0. The van der Waals surface area contributed by atoms with Crippen LogP contribution in [-0.2, 0) is 19.1 Å². The van der Waals surface area contributed by atoms with Gasteiger partial charge in [0.25, 0.3) is 0 Å². The van der Waals surface area contributed by atoms with E-state index in [1.807, 2.05) is 44.2 Å². The van der Waals surface area contributed by atoms with E-state index >= 15 is 0 Å². The molecule has 70 heavy (non-hydrogen) atoms. The molecule has 14 nitrogen and oxygen atoms in total. The maximum Gasteiger partial charge on any atom is 0.407 e. The third-order valence-electron chi connectivity index (χ3n) is 15.3. The summed E-state index contributed by atoms with van der Waals surface area (Å²) in [6.45, 7) is 3.90. The molecule has 4 heterocycles. The number of benzene rings is 3. The molecular formula is C52H60F4N8O6. The number of aromatic nitrogens is 4. The molecule has 3 aromatic carbocycles. The standard InChI is InChI=1S/C52H60F4N8O6/c1-29-5-15-41(63(29)47(65)43(61-49(67)69-3)33-17-21-51(53,54)22-18-33)45-57-27-39(59-45)32-9-7-31(8-10-32)35-11-12-37-26-38(14-13-36(37)25-35)40-28-58-46(60-40)42-16-6-30(2)64(42)48(66)44(62-50(68)70-4)34-19-23-52(55,56)24-20-34/h7-14,25-30,33-34,41-44H,5-6,15-24H2,1-4H3,(H,57,59)(H,58,60)(H,61,67)(H,62,68)/t29?,30?,41?,42?,43-,44?/m0/s1. The van der Waals surface area contributed by atoms with Crippen LogP contribution in [0.15, 0.2) is 73.1 Å². The summed E-state index contributed by atoms with van der Waals surface area (Å²) in [5, 5.41) is 7.38. The fraction of sp³-hybridized carbons (Fsp3) is 0.500. The fourth-order valence-electron chi connectivity index (χ4n) is 11.2. The van der Waals surface area contributed by atoms with E-state index in [2.05, 4.69) is 50.9 Å². The largest absolute Gasteiger partial charge is 0.453 e. The van der Waals surface area contributed by atoms with Gasteiger partial charge in [0.15, 0.2) is 0 Å². The summed E-state index contributed by atoms with van der Waals surface area (Å²) in [5.41, 5.74) is 5.39. The van der Waals surface area contributed by atoms with E-state index < -0.39 is 54.0 Å². The van der Waals surface area contributed by atoms with E-state index in [1.54, 1.807) is 22.2 Å². The van der Waals surface area contributed by atoms with Crippen LogP contribution in [0.5, 0.6) is 0 Å². The SMILES string of the molecule is COC(=O)NC(C(=O)N1C(C)CCC1c1ncc(-c2ccc3cc(-c4ccc(-c5cnc(C6CCC(C)N6C(=O)[C@@H](NC(=O)OC)C6CCC(F)(F)CC6)[nH]5)cc4)ccc3c2)[nH]1)C1CCC(F)(F)CC1. The normalized spacial score (nSPS) is 23.5. The highest BCUT2D eigenvalue weighted by molar-refractivity contribution is 5.91. The zero-order valence-corrected chi connectivity index (χ0v) is 39.8. The molecule has 2 aliphatic heterocycles. The van der Waals surface area contributed by atoms with Crippen LogP contribution < -0.4 is 10.6 Å². The Bertz CT molecular complexity index is 2710. The number of hydrogen-bond acceptors (Lipinski definition) is 8. The highest BCUT2D eigenvalue weighted by Crippen LogP contribution is 2.43. The van der Waals surface area contributed by atoms with Crippen LogP contribution in [0.4, 0.5) is 27.2 Å². The van der Waals surface area contributed by atoms with Crippen LogP contribution in [-0.4, -0.2) is 104 Å². The highest BCUT2D eigenvalue weighted by Gasteiger charge is 2.47. The van der Waals surface area contributed by atoms with Crippen molar-refractivity contribution in [3.8, 4) is 33.6 Å². The Morgan fingerprint density at radius 1 is 0.571 bits per heavy atom. The van der Waals surface area contributed by atoms with Gasteiger partial charge < -0.3 is 39.9 Å². The number of hydrogen-bond donors (Lipinski definition) is 4. The first-order chi connectivity index (χ1) is 33.5. The van der Waals surface area contributed by atoms with E-state index in [-0.39, 0.29) is 81.3 Å². The van der Waals surface area contributed by atoms with Gasteiger partial charge in [-0.3, -0.25) is 9.59 Å². The Balaban J connectivity index is 0.872. The molecule has 5 aromatic rings. The molecule has 0 spiro atoms. The average molecular weight is 969 g/mol. The first-order valence-corrected chi connectivity index (χ1v) is 24.3. The predicted molar refractivity (Wildman–Crippen MR) is 254 cm³/mol. The molecule has 0 radical (unpaired) electrons. The van der Waals surface area contributed by atoms with Crippen LogP contribution >= 0.6 is 0 Å². The number of amides is 4. The van der Waals surface area contributed by atoms with Gasteiger partial charge >= 0.3 is 12.2 Å². The first kappa shape index (κ1) is 48.6. The predicted octanol–water partition coefficient (Wildman–Crippen LogP) is 10.5. The van der Waals surface area contributed by atoms with Gasteiger partial charge in [0, 0.05) is 43.3 Å². The van der Waals surface area contributed by atoms with E-state index in [4.69, 9.17) is 19.4 Å². The first-order valence-electron chi connectivity index (χ1n) is 24.3. The molecule has 372 valence electrons. The second kappa shape index (κ2) is 19.7. The van der Waals surface area contributed by atoms with Crippen LogP contribution in [0.2, 0.25) is 0 Å². The third kappa shape index (κ3) is 10.1. The molecule has 18 heteroatoms. The van der Waals surface area contributed by atoms with Gasteiger partial charge in [0.1, 0.15) is 23.7 Å². The summed E-state index contributed by atoms with van der Waals surface area (Å²) in [7, 11) is 2.42. The van der Waals surface area contributed by atoms with Crippen LogP contribution in [0.1, 0.15) is 115 Å². The number of aromatic amines is 2. The number of alkyl halides is 4. The number of imidazole rings is 2. The molecular weight excluding hydrogens is 909 g/mol. The molecule has 2 aliphatic carbocycles. The average Bonchev–Trinajstić information content (AvgIpc) is 4.19. The molecule has 4 N–H and O–H groups in total. The summed E-state index contributed by atoms with van der Waals surface area (Å²) in [6, 6.07) is 17.4. The van der Waals surface area contributed by atoms with E-state index in [0.717, 1.165) is 44.4 Å². The maximum atomic E-state index is 14.3. The number of nitrogens with one attached hydrogen (secondary N) is 4. The lowest BCUT2D eigenvalue weighted by atomic mass is 9.81. The van der Waals surface area contributed by atoms with Gasteiger partial charge in [-0.05, 0) is 117 Å². The molecule has 2 saturated heterocycles. The van der Waals surface area contributed by atoms with Gasteiger partial charge in [0.05, 0.1) is 50.1 Å². The summed E-state index contributed by atoms with van der Waals surface area (Å²) >= 11 is 0. The van der Waals surface area contributed by atoms with Gasteiger partial charge in [0.2, 0.25) is 23.7 Å². The van der Waals surface area contributed by atoms with E-state index in [9.17, 15) is 36.7 Å². The van der Waals surface area contributed by atoms with Crippen molar-refractivity contribution in [3.05, 3.63) is 84.7 Å². The van der Waals surface area contributed by atoms with Gasteiger partial charge in [-0.2, -0.15) is 0 Å². The minimum Gasteiger partial charge on any atom is -0.453 e. The van der Waals surface area contributed by atoms with Crippen LogP contribution in [0.3, 0.4) is 0 Å². The second-order valence-electron chi connectivity index (χ2n) is 19.7. The van der Waals surface area contributed by atoms with Crippen molar-refractivity contribution in [2.75, 3.05) is 14.2 Å². The second-order valence-corrected chi connectivity index (χ2v) is 19.7. The molecule has 2 saturated carbocycles. The van der Waals surface area contributed by atoms with Crippen molar-refractivity contribution in [3.63, 3.8) is 0 Å². The number of methoxy groups -OCH3 is 2. The lowest BCUT2D eigenvalue weighted by molar-refractivity contribution is -0.140. The molecule has 2 aromatic heterocycles. The topological polar surface area (TPSA) is 175 Å². The lowest BCUT2D eigenvalue weighted by Gasteiger charge is -2.37. The summed E-state index contributed by atoms with van der Waals surface area (Å²) in [5.74, 6) is -5.88. The Labute approximate surface area is 403 Å². The highest BCUT2D eigenvalue weighted by atomic mass is 19.3. The van der Waals surface area contributed by atoms with Crippen molar-refractivity contribution in [1.29, 1.82) is 0 Å². The van der Waals surface area contributed by atoms with Crippen molar-refractivity contribution in [2.45, 2.75) is 139 Å². The number of rotatable bonds is 11. The van der Waals surface area contributed by atoms with E-state index in [0.29, 0.717) is 37.3 Å². The number of ether oxygens (including phenoxy) is 2. The summed E-state index contributed by atoms with van der Waals surface area (Å²) in [6.07, 6.45) is 3.77. The van der Waals surface area contributed by atoms with E-state index in [1.165, 1.54) is 14.2 Å². The molecule has 9 rings (SSSR count). The zero-order valence-electron chi connectivity index (χ0n) is 39.8. The number of carbonyl (C=O) groups is 4. The zero-order chi connectivity index (χ0) is 49.5. The molecule has 4 aliphatic rings. The Morgan fingerprint density at radius 3 is 1.40 bits per heavy atom. The molecule has 6 atom stereocenters. The monoisotopic (exact) mass is 968 g/mol. The Hall–Kier alpha value is -6.46. The number of carbonyl (C=O) groups excluding carboxylic acids is 4. The quantitative estimate of drug-likeness (QED) is 0.0946. The fourth-order valence-corrected chi connectivity index (χ4v) is 11.2. The Kier molecular flexibility index (Phi) is 13.7. The Morgan fingerprint density at radius 2 is 0.957 bits per heavy atom. The van der Waals surface area contributed by atoms with Crippen molar-refractivity contribution in [1.82, 2.24) is 40.4 Å². The van der Waals surface area contributed by atoms with Gasteiger partial charge in [-0.15, -0.1) is 0 Å². The van der Waals surface area contributed by atoms with Crippen LogP contribution in [0, 0.1) is 11.8 Å². The third-order valence-corrected chi connectivity index (χ3v) is 15.3. The number of likely N-dealkylation sites (tertiary alicyclic amines) is 2. The summed E-state index contributed by atoms with van der Waals surface area (Å²) in [4.78, 5) is 73.1. The van der Waals surface area contributed by atoms with Gasteiger partial charge in [-0.1, -0.05) is 48.5 Å². The molecule has 4 fully saturated rings. The smallest absolute Gasteiger partial charge is 0.407 e. The lowest BCUT2D eigenvalue weighted by Crippen LogP contribution is -2.54. The van der Waals surface area contributed by atoms with Crippen molar-refractivity contribution in [2.24, 2.45) is 11.8 Å². The van der Waals surface area contributed by atoms with Crippen molar-refractivity contribution >= 4 is 34.8 Å².